The number of aliphatic carboxylic acids is 1. The van der Waals surface area contributed by atoms with Gasteiger partial charge in [0.1, 0.15) is 5.70 Å². The number of fused-ring (bicyclic) bond motifs is 1. The molecule has 0 radical (unpaired) electrons. The maximum atomic E-state index is 12.3. The largest absolute Gasteiger partial charge is 0.477 e. The molecule has 0 aromatic rings. The van der Waals surface area contributed by atoms with Crippen LogP contribution in [0.1, 0.15) is 20.3 Å². The molecule has 3 rings (SSSR count). The number of nitrogens with zero attached hydrogens (tertiary/aromatic N) is 2. The number of thioether (sulfide) groups is 1. The van der Waals surface area contributed by atoms with E-state index < -0.39 is 18.0 Å². The molecular formula is C16H23N3O5S. The highest BCUT2D eigenvalue weighted by Crippen LogP contribution is 2.52. The van der Waals surface area contributed by atoms with Gasteiger partial charge in [0.25, 0.3) is 0 Å². The fourth-order valence-corrected chi connectivity index (χ4v) is 5.39. The number of carbonyl (C=O) groups is 2. The van der Waals surface area contributed by atoms with Crippen molar-refractivity contribution in [2.75, 3.05) is 13.2 Å². The number of hydrogen-bond acceptors (Lipinski definition) is 6. The summed E-state index contributed by atoms with van der Waals surface area (Å²) >= 11 is 1.48. The Bertz CT molecular complexity index is 635. The molecule has 0 saturated carbocycles. The quantitative estimate of drug-likeness (QED) is 0.342. The first kappa shape index (κ1) is 18.2. The molecule has 2 saturated heterocycles. The van der Waals surface area contributed by atoms with Gasteiger partial charge in [-0.05, 0) is 13.3 Å². The van der Waals surface area contributed by atoms with E-state index in [2.05, 4.69) is 4.99 Å². The van der Waals surface area contributed by atoms with Crippen molar-refractivity contribution in [2.24, 2.45) is 22.6 Å². The van der Waals surface area contributed by atoms with Gasteiger partial charge >= 0.3 is 5.97 Å². The third-order valence-corrected chi connectivity index (χ3v) is 6.54. The molecule has 3 aliphatic heterocycles. The highest BCUT2D eigenvalue weighted by molar-refractivity contribution is 8.03. The standard InChI is InChI=1S/C16H23N3O5S/c1-7-12-11(8(2)20)15(21)19(12)13(16(22)23)14(7)25-10-3-9(24-5-10)4-18-6-17/h6-12,20H,3-5H2,1-2H3,(H2,17,18)(H,22,23)/t7-,8-,9?,10?,11-,12-/m1/s1. The minimum absolute atomic E-state index is 0.0215. The molecule has 25 heavy (non-hydrogen) atoms. The molecule has 3 aliphatic rings. The molecule has 1 amide bonds. The molecule has 138 valence electrons. The van der Waals surface area contributed by atoms with Crippen LogP contribution in [0.2, 0.25) is 0 Å². The number of hydrogen-bond donors (Lipinski definition) is 3. The van der Waals surface area contributed by atoms with E-state index in [0.717, 1.165) is 6.42 Å². The molecule has 0 spiro atoms. The Labute approximate surface area is 150 Å². The second-order valence-corrected chi connectivity index (χ2v) is 8.06. The SMILES string of the molecule is C[C@@H](O)[C@H]1C(=O)N2C(C(=O)O)=C(SC3COC(CN=CN)C3)[C@H](C)[C@H]12. The third kappa shape index (κ3) is 3.04. The minimum atomic E-state index is -1.10. The summed E-state index contributed by atoms with van der Waals surface area (Å²) in [6.07, 6.45) is 1.19. The van der Waals surface area contributed by atoms with Crippen LogP contribution in [-0.4, -0.2) is 70.0 Å². The Morgan fingerprint density at radius 1 is 1.60 bits per heavy atom. The van der Waals surface area contributed by atoms with Gasteiger partial charge < -0.3 is 25.6 Å². The monoisotopic (exact) mass is 369 g/mol. The van der Waals surface area contributed by atoms with E-state index in [4.69, 9.17) is 10.5 Å². The summed E-state index contributed by atoms with van der Waals surface area (Å²) in [7, 11) is 0. The van der Waals surface area contributed by atoms with Crippen molar-refractivity contribution in [3.05, 3.63) is 10.6 Å². The highest BCUT2D eigenvalue weighted by atomic mass is 32.2. The fraction of sp³-hybridized carbons (Fsp3) is 0.688. The Balaban J connectivity index is 1.76. The zero-order valence-electron chi connectivity index (χ0n) is 14.2. The first-order chi connectivity index (χ1) is 11.9. The average Bonchev–Trinajstić information content (AvgIpc) is 3.08. The van der Waals surface area contributed by atoms with Crippen LogP contribution < -0.4 is 5.73 Å². The predicted octanol–water partition coefficient (Wildman–Crippen LogP) is 0.0178. The molecule has 2 unspecified atom stereocenters. The Hall–Kier alpha value is -1.58. The topological polar surface area (TPSA) is 125 Å². The fourth-order valence-electron chi connectivity index (χ4n) is 3.92. The van der Waals surface area contributed by atoms with Crippen molar-refractivity contribution in [1.82, 2.24) is 4.90 Å². The number of aliphatic imine (C=N–C) groups is 1. The lowest BCUT2D eigenvalue weighted by Gasteiger charge is -2.46. The van der Waals surface area contributed by atoms with Gasteiger partial charge in [0.2, 0.25) is 5.91 Å². The number of carbonyl (C=O) groups excluding carboxylic acids is 1. The van der Waals surface area contributed by atoms with Crippen LogP contribution in [0.25, 0.3) is 0 Å². The molecule has 3 heterocycles. The maximum Gasteiger partial charge on any atom is 0.353 e. The van der Waals surface area contributed by atoms with Gasteiger partial charge in [-0.1, -0.05) is 6.92 Å². The van der Waals surface area contributed by atoms with Gasteiger partial charge in [-0.2, -0.15) is 0 Å². The lowest BCUT2D eigenvalue weighted by Crippen LogP contribution is -2.63. The Kier molecular flexibility index (Phi) is 5.08. The average molecular weight is 369 g/mol. The van der Waals surface area contributed by atoms with Crippen molar-refractivity contribution in [3.8, 4) is 0 Å². The van der Waals surface area contributed by atoms with E-state index in [1.54, 1.807) is 6.92 Å². The maximum absolute atomic E-state index is 12.3. The molecule has 6 atom stereocenters. The van der Waals surface area contributed by atoms with Crippen LogP contribution >= 0.6 is 11.8 Å². The number of aliphatic hydroxyl groups is 1. The lowest BCUT2D eigenvalue weighted by atomic mass is 9.79. The van der Waals surface area contributed by atoms with Gasteiger partial charge in [0.05, 0.1) is 43.7 Å². The summed E-state index contributed by atoms with van der Waals surface area (Å²) in [5.74, 6) is -2.06. The van der Waals surface area contributed by atoms with E-state index in [-0.39, 0.29) is 34.9 Å². The third-order valence-electron chi connectivity index (χ3n) is 5.06. The van der Waals surface area contributed by atoms with Gasteiger partial charge in [-0.25, -0.2) is 4.79 Å². The molecule has 4 N–H and O–H groups in total. The number of ether oxygens (including phenoxy) is 1. The Morgan fingerprint density at radius 3 is 2.92 bits per heavy atom. The summed E-state index contributed by atoms with van der Waals surface area (Å²) in [6.45, 7) is 4.50. The normalized spacial score (nSPS) is 36.0. The molecule has 0 aromatic carbocycles. The smallest absolute Gasteiger partial charge is 0.353 e. The molecular weight excluding hydrogens is 346 g/mol. The van der Waals surface area contributed by atoms with Gasteiger partial charge in [-0.3, -0.25) is 9.79 Å². The lowest BCUT2D eigenvalue weighted by molar-refractivity contribution is -0.163. The second-order valence-electron chi connectivity index (χ2n) is 6.72. The summed E-state index contributed by atoms with van der Waals surface area (Å²) in [4.78, 5) is 30.1. The highest BCUT2D eigenvalue weighted by Gasteiger charge is 2.60. The van der Waals surface area contributed by atoms with Crippen molar-refractivity contribution in [1.29, 1.82) is 0 Å². The van der Waals surface area contributed by atoms with Crippen molar-refractivity contribution < 1.29 is 24.5 Å². The van der Waals surface area contributed by atoms with E-state index in [9.17, 15) is 19.8 Å². The molecule has 9 heteroatoms. The predicted molar refractivity (Wildman–Crippen MR) is 92.9 cm³/mol. The van der Waals surface area contributed by atoms with Crippen molar-refractivity contribution in [2.45, 2.75) is 43.8 Å². The van der Waals surface area contributed by atoms with E-state index >= 15 is 0 Å². The van der Waals surface area contributed by atoms with E-state index in [0.29, 0.717) is 18.1 Å². The van der Waals surface area contributed by atoms with Crippen molar-refractivity contribution in [3.63, 3.8) is 0 Å². The first-order valence-corrected chi connectivity index (χ1v) is 9.21. The van der Waals surface area contributed by atoms with Crippen LogP contribution in [0, 0.1) is 11.8 Å². The number of rotatable bonds is 6. The summed E-state index contributed by atoms with van der Waals surface area (Å²) in [5.41, 5.74) is 5.31. The number of carboxylic acids is 1. The van der Waals surface area contributed by atoms with Gasteiger partial charge in [0, 0.05) is 16.1 Å². The van der Waals surface area contributed by atoms with Crippen LogP contribution in [0.3, 0.4) is 0 Å². The zero-order chi connectivity index (χ0) is 18.3. The van der Waals surface area contributed by atoms with Crippen LogP contribution in [-0.2, 0) is 14.3 Å². The molecule has 0 aliphatic carbocycles. The molecule has 0 aromatic heterocycles. The first-order valence-electron chi connectivity index (χ1n) is 8.33. The number of nitrogens with two attached hydrogens (primary N) is 1. The van der Waals surface area contributed by atoms with E-state index in [1.165, 1.54) is 23.0 Å². The number of carboxylic acid groups (broad SMARTS) is 1. The second kappa shape index (κ2) is 6.97. The van der Waals surface area contributed by atoms with Gasteiger partial charge in [-0.15, -0.1) is 11.8 Å². The summed E-state index contributed by atoms with van der Waals surface area (Å²) < 4.78 is 5.68. The minimum Gasteiger partial charge on any atom is -0.477 e. The number of amides is 1. The van der Waals surface area contributed by atoms with E-state index in [1.807, 2.05) is 6.92 Å². The van der Waals surface area contributed by atoms with Crippen LogP contribution in [0.4, 0.5) is 0 Å². The summed E-state index contributed by atoms with van der Waals surface area (Å²) in [6, 6.07) is -0.277. The number of aliphatic hydroxyl groups excluding tert-OH is 1. The van der Waals surface area contributed by atoms with Crippen molar-refractivity contribution >= 4 is 30.0 Å². The zero-order valence-corrected chi connectivity index (χ0v) is 15.0. The van der Waals surface area contributed by atoms with Crippen LogP contribution in [0.5, 0.6) is 0 Å². The molecule has 2 fully saturated rings. The van der Waals surface area contributed by atoms with Gasteiger partial charge in [0.15, 0.2) is 0 Å². The molecule has 8 nitrogen and oxygen atoms in total. The Morgan fingerprint density at radius 2 is 2.32 bits per heavy atom. The number of β-lactam (4-membered cyclic amide) rings is 1. The van der Waals surface area contributed by atoms with Crippen LogP contribution in [0.15, 0.2) is 15.6 Å². The molecule has 0 bridgehead atoms. The summed E-state index contributed by atoms with van der Waals surface area (Å²) in [5, 5.41) is 19.6.